The summed E-state index contributed by atoms with van der Waals surface area (Å²) in [4.78, 5) is 7.03. The molecule has 4 aromatic rings. The molecule has 0 spiro atoms. The number of hydrogen-bond donors (Lipinski definition) is 0. The average molecular weight is 548 g/mol. The average Bonchev–Trinajstić information content (AvgIpc) is 3.58. The molecule has 8 heteroatoms. The summed E-state index contributed by atoms with van der Waals surface area (Å²) in [7, 11) is 0. The van der Waals surface area contributed by atoms with Crippen molar-refractivity contribution in [3.8, 4) is 22.9 Å². The molecule has 0 saturated carbocycles. The number of fused-ring (bicyclic) bond motifs is 1. The van der Waals surface area contributed by atoms with Gasteiger partial charge in [0.2, 0.25) is 6.79 Å². The summed E-state index contributed by atoms with van der Waals surface area (Å²) in [5.74, 6) is 2.38. The molecule has 208 valence electrons. The second-order valence-electron chi connectivity index (χ2n) is 9.83. The van der Waals surface area contributed by atoms with Crippen LogP contribution in [-0.2, 0) is 25.8 Å². The fourth-order valence-corrected chi connectivity index (χ4v) is 4.79. The number of halogens is 3. The fraction of sp³-hybridized carbons (Fsp3) is 0.281. The Balaban J connectivity index is 1.41. The first-order valence-electron chi connectivity index (χ1n) is 13.4. The highest BCUT2D eigenvalue weighted by atomic mass is 19.4. The molecule has 40 heavy (non-hydrogen) atoms. The zero-order chi connectivity index (χ0) is 28.0. The topological polar surface area (TPSA) is 39.5 Å². The molecule has 0 atom stereocenters. The molecule has 0 saturated heterocycles. The van der Waals surface area contributed by atoms with Gasteiger partial charge in [-0.25, -0.2) is 4.98 Å². The van der Waals surface area contributed by atoms with E-state index < -0.39 is 11.7 Å². The van der Waals surface area contributed by atoms with Gasteiger partial charge in [0.25, 0.3) is 0 Å². The number of imidazole rings is 1. The Morgan fingerprint density at radius 1 is 0.950 bits per heavy atom. The van der Waals surface area contributed by atoms with Crippen LogP contribution in [0, 0.1) is 0 Å². The number of rotatable bonds is 11. The molecule has 2 heterocycles. The van der Waals surface area contributed by atoms with Gasteiger partial charge in [-0.05, 0) is 41.8 Å². The number of ether oxygens (including phenoxy) is 2. The molecule has 5 nitrogen and oxygen atoms in total. The molecule has 1 aromatic heterocycles. The zero-order valence-corrected chi connectivity index (χ0v) is 22.4. The zero-order valence-electron chi connectivity index (χ0n) is 22.4. The third-order valence-corrected chi connectivity index (χ3v) is 6.82. The first-order valence-corrected chi connectivity index (χ1v) is 13.4. The minimum absolute atomic E-state index is 0.209. The maximum atomic E-state index is 13.2. The van der Waals surface area contributed by atoms with Crippen LogP contribution >= 0.6 is 0 Å². The van der Waals surface area contributed by atoms with Gasteiger partial charge in [0.05, 0.1) is 17.5 Å². The molecule has 5 rings (SSSR count). The smallest absolute Gasteiger partial charge is 0.416 e. The molecule has 0 N–H and O–H groups in total. The van der Waals surface area contributed by atoms with Gasteiger partial charge in [-0.2, -0.15) is 13.2 Å². The minimum Gasteiger partial charge on any atom is -0.454 e. The van der Waals surface area contributed by atoms with Crippen molar-refractivity contribution in [1.29, 1.82) is 0 Å². The number of aromatic nitrogens is 2. The number of unbranched alkanes of at least 4 members (excludes halogenated alkanes) is 1. The maximum absolute atomic E-state index is 13.2. The summed E-state index contributed by atoms with van der Waals surface area (Å²) >= 11 is 0. The maximum Gasteiger partial charge on any atom is 0.416 e. The van der Waals surface area contributed by atoms with Crippen LogP contribution in [0.1, 0.15) is 42.1 Å². The van der Waals surface area contributed by atoms with Crippen molar-refractivity contribution in [1.82, 2.24) is 14.5 Å². The molecule has 0 amide bonds. The van der Waals surface area contributed by atoms with Crippen molar-refractivity contribution in [2.24, 2.45) is 0 Å². The van der Waals surface area contributed by atoms with Gasteiger partial charge in [0, 0.05) is 31.7 Å². The van der Waals surface area contributed by atoms with Crippen molar-refractivity contribution >= 4 is 6.08 Å². The van der Waals surface area contributed by atoms with Crippen LogP contribution in [0.25, 0.3) is 17.5 Å². The largest absolute Gasteiger partial charge is 0.454 e. The van der Waals surface area contributed by atoms with Crippen molar-refractivity contribution in [2.75, 3.05) is 13.3 Å². The monoisotopic (exact) mass is 547 g/mol. The van der Waals surface area contributed by atoms with E-state index in [1.807, 2.05) is 48.7 Å². The van der Waals surface area contributed by atoms with Crippen LogP contribution in [0.15, 0.2) is 85.1 Å². The molecule has 0 unspecified atom stereocenters. The summed E-state index contributed by atoms with van der Waals surface area (Å²) in [6, 6.07) is 21.4. The van der Waals surface area contributed by atoms with Crippen molar-refractivity contribution in [3.05, 3.63) is 107 Å². The lowest BCUT2D eigenvalue weighted by Crippen LogP contribution is -2.24. The van der Waals surface area contributed by atoms with Crippen LogP contribution < -0.4 is 9.47 Å². The summed E-state index contributed by atoms with van der Waals surface area (Å²) in [5, 5.41) is 0. The summed E-state index contributed by atoms with van der Waals surface area (Å²) in [5.41, 5.74) is 3.06. The Morgan fingerprint density at radius 2 is 1.77 bits per heavy atom. The Hall–Kier alpha value is -4.04. The molecule has 0 fully saturated rings. The van der Waals surface area contributed by atoms with E-state index in [1.165, 1.54) is 12.1 Å². The Bertz CT molecular complexity index is 1450. The van der Waals surface area contributed by atoms with E-state index >= 15 is 0 Å². The predicted octanol–water partition coefficient (Wildman–Crippen LogP) is 7.81. The molecule has 3 aromatic carbocycles. The van der Waals surface area contributed by atoms with Crippen LogP contribution in [0.4, 0.5) is 13.2 Å². The number of benzene rings is 3. The van der Waals surface area contributed by atoms with Gasteiger partial charge in [-0.1, -0.05) is 74.0 Å². The molecular weight excluding hydrogens is 515 g/mol. The number of nitrogens with zero attached hydrogens (tertiary/aromatic N) is 3. The van der Waals surface area contributed by atoms with Crippen LogP contribution in [0.2, 0.25) is 0 Å². The van der Waals surface area contributed by atoms with E-state index in [4.69, 9.17) is 14.5 Å². The fourth-order valence-electron chi connectivity index (χ4n) is 4.79. The van der Waals surface area contributed by atoms with Gasteiger partial charge < -0.3 is 14.0 Å². The van der Waals surface area contributed by atoms with Crippen LogP contribution in [0.3, 0.4) is 0 Å². The van der Waals surface area contributed by atoms with Gasteiger partial charge in [0.1, 0.15) is 5.82 Å². The first-order chi connectivity index (χ1) is 19.4. The lowest BCUT2D eigenvalue weighted by Gasteiger charge is -2.22. The standard InChI is InChI=1S/C32H32F3N3O2/c1-2-3-17-38-28(20-36-31(38)26-11-5-4-6-12-26)22-37(21-25-14-15-29-30(19-25)40-23-39-29)16-8-10-24-9-7-13-27(18-24)32(33,34)35/h4-15,18-20H,2-3,16-17,21-23H2,1H3/b10-8+. The molecule has 0 aliphatic carbocycles. The second-order valence-corrected chi connectivity index (χ2v) is 9.83. The number of alkyl halides is 3. The summed E-state index contributed by atoms with van der Waals surface area (Å²) < 4.78 is 52.9. The van der Waals surface area contributed by atoms with E-state index in [0.29, 0.717) is 25.2 Å². The van der Waals surface area contributed by atoms with Crippen molar-refractivity contribution in [3.63, 3.8) is 0 Å². The van der Waals surface area contributed by atoms with Gasteiger partial charge in [-0.15, -0.1) is 0 Å². The van der Waals surface area contributed by atoms with Crippen LogP contribution in [-0.4, -0.2) is 27.8 Å². The van der Waals surface area contributed by atoms with E-state index in [-0.39, 0.29) is 6.79 Å². The van der Waals surface area contributed by atoms with E-state index in [2.05, 4.69) is 28.5 Å². The third-order valence-electron chi connectivity index (χ3n) is 6.82. The Kier molecular flexibility index (Phi) is 8.55. The highest BCUT2D eigenvalue weighted by Crippen LogP contribution is 2.33. The second kappa shape index (κ2) is 12.4. The Morgan fingerprint density at radius 3 is 2.58 bits per heavy atom. The highest BCUT2D eigenvalue weighted by molar-refractivity contribution is 5.56. The van der Waals surface area contributed by atoms with Crippen molar-refractivity contribution in [2.45, 2.75) is 45.6 Å². The van der Waals surface area contributed by atoms with Gasteiger partial charge in [-0.3, -0.25) is 4.90 Å². The van der Waals surface area contributed by atoms with Gasteiger partial charge in [0.15, 0.2) is 11.5 Å². The highest BCUT2D eigenvalue weighted by Gasteiger charge is 2.30. The predicted molar refractivity (Wildman–Crippen MR) is 150 cm³/mol. The minimum atomic E-state index is -4.37. The normalized spacial score (nSPS) is 13.0. The Labute approximate surface area is 232 Å². The van der Waals surface area contributed by atoms with Crippen LogP contribution in [0.5, 0.6) is 11.5 Å². The van der Waals surface area contributed by atoms with E-state index in [1.54, 1.807) is 12.1 Å². The van der Waals surface area contributed by atoms with Crippen molar-refractivity contribution < 1.29 is 22.6 Å². The lowest BCUT2D eigenvalue weighted by molar-refractivity contribution is -0.137. The summed E-state index contributed by atoms with van der Waals surface area (Å²) in [6.45, 7) is 5.00. The van der Waals surface area contributed by atoms with E-state index in [9.17, 15) is 13.2 Å². The number of hydrogen-bond acceptors (Lipinski definition) is 4. The molecular formula is C32H32F3N3O2. The molecule has 1 aliphatic heterocycles. The third kappa shape index (κ3) is 6.74. The molecule has 1 aliphatic rings. The quantitative estimate of drug-likeness (QED) is 0.192. The first kappa shape index (κ1) is 27.5. The van der Waals surface area contributed by atoms with E-state index in [0.717, 1.165) is 59.6 Å². The summed E-state index contributed by atoms with van der Waals surface area (Å²) in [6.07, 6.45) is 3.30. The molecule has 0 radical (unpaired) electrons. The van der Waals surface area contributed by atoms with Gasteiger partial charge >= 0.3 is 6.18 Å². The lowest BCUT2D eigenvalue weighted by atomic mass is 10.1. The molecule has 0 bridgehead atoms. The SMILES string of the molecule is CCCCn1c(CN(C/C=C/c2cccc(C(F)(F)F)c2)Cc2ccc3c(c2)OCO3)cnc1-c1ccccc1.